The molecule has 0 aliphatic heterocycles. The molecule has 3 aromatic carbocycles. The molecule has 0 saturated carbocycles. The first-order valence-corrected chi connectivity index (χ1v) is 9.18. The van der Waals surface area contributed by atoms with Crippen molar-refractivity contribution >= 4 is 11.0 Å². The van der Waals surface area contributed by atoms with Gasteiger partial charge >= 0.3 is 0 Å². The summed E-state index contributed by atoms with van der Waals surface area (Å²) in [4.78, 5) is 12.6. The number of benzene rings is 3. The molecule has 0 aliphatic carbocycles. The van der Waals surface area contributed by atoms with Crippen LogP contribution in [-0.2, 0) is 6.61 Å². The fourth-order valence-electron chi connectivity index (χ4n) is 3.27. The third-order valence-corrected chi connectivity index (χ3v) is 4.72. The first kappa shape index (κ1) is 18.6. The van der Waals surface area contributed by atoms with Gasteiger partial charge in [0.1, 0.15) is 29.1 Å². The molecule has 0 spiro atoms. The average Bonchev–Trinajstić information content (AvgIpc) is 2.73. The molecule has 29 heavy (non-hydrogen) atoms. The van der Waals surface area contributed by atoms with Gasteiger partial charge < -0.3 is 19.0 Å². The Kier molecular flexibility index (Phi) is 4.96. The van der Waals surface area contributed by atoms with Crippen LogP contribution in [0.2, 0.25) is 0 Å². The number of aromatic hydroxyl groups is 1. The van der Waals surface area contributed by atoms with Crippen molar-refractivity contribution < 1.29 is 19.0 Å². The number of methoxy groups -OCH3 is 1. The molecular formula is C24H20O5. The predicted octanol–water partition coefficient (Wildman–Crippen LogP) is 5.06. The molecule has 4 rings (SSSR count). The minimum atomic E-state index is -0.332. The monoisotopic (exact) mass is 388 g/mol. The molecule has 0 fully saturated rings. The molecule has 1 aromatic heterocycles. The number of rotatable bonds is 5. The van der Waals surface area contributed by atoms with E-state index in [4.69, 9.17) is 13.9 Å². The second-order valence-electron chi connectivity index (χ2n) is 6.72. The van der Waals surface area contributed by atoms with Crippen LogP contribution in [0.3, 0.4) is 0 Å². The topological polar surface area (TPSA) is 68.9 Å². The van der Waals surface area contributed by atoms with E-state index in [1.165, 1.54) is 13.2 Å². The minimum absolute atomic E-state index is 0.110. The molecule has 1 N–H and O–H groups in total. The highest BCUT2D eigenvalue weighted by molar-refractivity contribution is 5.88. The number of ether oxygens (including phenoxy) is 2. The van der Waals surface area contributed by atoms with Crippen molar-refractivity contribution in [1.82, 2.24) is 0 Å². The lowest BCUT2D eigenvalue weighted by atomic mass is 10.1. The molecule has 0 amide bonds. The number of phenolic OH excluding ortho intramolecular Hbond substituents is 1. The first-order chi connectivity index (χ1) is 14.1. The summed E-state index contributed by atoms with van der Waals surface area (Å²) in [5, 5.41) is 10.5. The number of fused-ring (bicyclic) bond motifs is 1. The van der Waals surface area contributed by atoms with Gasteiger partial charge in [0.2, 0.25) is 0 Å². The van der Waals surface area contributed by atoms with Gasteiger partial charge in [0.15, 0.2) is 16.9 Å². The van der Waals surface area contributed by atoms with Gasteiger partial charge in [-0.3, -0.25) is 4.79 Å². The minimum Gasteiger partial charge on any atom is -0.504 e. The smallest absolute Gasteiger partial charge is 0.197 e. The lowest BCUT2D eigenvalue weighted by Crippen LogP contribution is -2.02. The van der Waals surface area contributed by atoms with Crippen LogP contribution in [0.1, 0.15) is 11.1 Å². The van der Waals surface area contributed by atoms with E-state index in [2.05, 4.69) is 0 Å². The quantitative estimate of drug-likeness (QED) is 0.517. The molecule has 0 atom stereocenters. The molecule has 0 aliphatic rings. The van der Waals surface area contributed by atoms with Gasteiger partial charge in [-0.15, -0.1) is 0 Å². The molecule has 4 aromatic rings. The summed E-state index contributed by atoms with van der Waals surface area (Å²) in [5.41, 5.74) is 2.49. The lowest BCUT2D eigenvalue weighted by Gasteiger charge is -2.11. The summed E-state index contributed by atoms with van der Waals surface area (Å²) in [5.74, 6) is 1.21. The van der Waals surface area contributed by atoms with E-state index >= 15 is 0 Å². The van der Waals surface area contributed by atoms with Gasteiger partial charge in [0.05, 0.1) is 7.11 Å². The van der Waals surface area contributed by atoms with E-state index in [-0.39, 0.29) is 22.3 Å². The van der Waals surface area contributed by atoms with Crippen LogP contribution in [-0.4, -0.2) is 12.2 Å². The van der Waals surface area contributed by atoms with Crippen molar-refractivity contribution in [2.45, 2.75) is 13.5 Å². The Hall–Kier alpha value is -3.73. The molecule has 146 valence electrons. The Morgan fingerprint density at radius 1 is 1.00 bits per heavy atom. The van der Waals surface area contributed by atoms with E-state index in [1.807, 2.05) is 54.6 Å². The highest BCUT2D eigenvalue weighted by atomic mass is 16.5. The number of phenols is 1. The van der Waals surface area contributed by atoms with Gasteiger partial charge in [-0.2, -0.15) is 0 Å². The van der Waals surface area contributed by atoms with Crippen LogP contribution in [0.15, 0.2) is 75.9 Å². The maximum Gasteiger partial charge on any atom is 0.197 e. The highest BCUT2D eigenvalue weighted by Gasteiger charge is 2.17. The number of hydrogen-bond donors (Lipinski definition) is 1. The summed E-state index contributed by atoms with van der Waals surface area (Å²) in [6, 6.07) is 20.3. The standard InChI is InChI=1S/C24H20O5/c1-15-12-21-22(23(26)24(15)27-2)19(25)13-20(29-21)17-8-10-18(11-9-17)28-14-16-6-4-3-5-7-16/h3-13,26H,14H2,1-2H3. The van der Waals surface area contributed by atoms with Crippen LogP contribution in [0, 0.1) is 6.92 Å². The summed E-state index contributed by atoms with van der Waals surface area (Å²) in [6.07, 6.45) is 0. The lowest BCUT2D eigenvalue weighted by molar-refractivity contribution is 0.306. The van der Waals surface area contributed by atoms with Crippen molar-refractivity contribution in [3.63, 3.8) is 0 Å². The van der Waals surface area contributed by atoms with E-state index in [0.29, 0.717) is 23.5 Å². The molecule has 0 bridgehead atoms. The fraction of sp³-hybridized carbons (Fsp3) is 0.125. The van der Waals surface area contributed by atoms with Crippen molar-refractivity contribution in [1.29, 1.82) is 0 Å². The predicted molar refractivity (Wildman–Crippen MR) is 112 cm³/mol. The summed E-state index contributed by atoms with van der Waals surface area (Å²) >= 11 is 0. The molecule has 1 heterocycles. The van der Waals surface area contributed by atoms with Crippen molar-refractivity contribution in [3.8, 4) is 28.6 Å². The molecule has 5 nitrogen and oxygen atoms in total. The normalized spacial score (nSPS) is 10.8. The zero-order chi connectivity index (χ0) is 20.4. The van der Waals surface area contributed by atoms with Crippen LogP contribution in [0.25, 0.3) is 22.3 Å². The van der Waals surface area contributed by atoms with E-state index in [0.717, 1.165) is 16.9 Å². The van der Waals surface area contributed by atoms with Crippen molar-refractivity contribution in [2.75, 3.05) is 7.11 Å². The number of hydrogen-bond acceptors (Lipinski definition) is 5. The SMILES string of the molecule is COc1c(C)cc2oc(-c3ccc(OCc4ccccc4)cc3)cc(=O)c2c1O. The number of aryl methyl sites for hydroxylation is 1. The van der Waals surface area contributed by atoms with Crippen LogP contribution < -0.4 is 14.9 Å². The van der Waals surface area contributed by atoms with E-state index in [1.54, 1.807) is 13.0 Å². The maximum atomic E-state index is 12.6. The second kappa shape index (κ2) is 7.72. The Morgan fingerprint density at radius 2 is 1.72 bits per heavy atom. The van der Waals surface area contributed by atoms with Gasteiger partial charge in [-0.25, -0.2) is 0 Å². The second-order valence-corrected chi connectivity index (χ2v) is 6.72. The molecule has 5 heteroatoms. The van der Waals surface area contributed by atoms with Crippen LogP contribution in [0.5, 0.6) is 17.2 Å². The third kappa shape index (κ3) is 3.67. The molecule has 0 radical (unpaired) electrons. The van der Waals surface area contributed by atoms with Gasteiger partial charge in [-0.1, -0.05) is 30.3 Å². The first-order valence-electron chi connectivity index (χ1n) is 9.18. The Labute approximate surface area is 167 Å². The Morgan fingerprint density at radius 3 is 2.41 bits per heavy atom. The average molecular weight is 388 g/mol. The fourth-order valence-corrected chi connectivity index (χ4v) is 3.27. The molecule has 0 saturated heterocycles. The summed E-state index contributed by atoms with van der Waals surface area (Å²) in [7, 11) is 1.45. The van der Waals surface area contributed by atoms with Gasteiger partial charge in [0.25, 0.3) is 0 Å². The zero-order valence-electron chi connectivity index (χ0n) is 16.1. The van der Waals surface area contributed by atoms with Crippen LogP contribution in [0.4, 0.5) is 0 Å². The van der Waals surface area contributed by atoms with Crippen molar-refractivity contribution in [3.05, 3.63) is 88.1 Å². The largest absolute Gasteiger partial charge is 0.504 e. The molecular weight excluding hydrogens is 368 g/mol. The summed E-state index contributed by atoms with van der Waals surface area (Å²) < 4.78 is 16.9. The highest BCUT2D eigenvalue weighted by Crippen LogP contribution is 2.37. The Bertz CT molecular complexity index is 1210. The van der Waals surface area contributed by atoms with E-state index in [9.17, 15) is 9.90 Å². The third-order valence-electron chi connectivity index (χ3n) is 4.72. The summed E-state index contributed by atoms with van der Waals surface area (Å²) in [6.45, 7) is 2.26. The molecule has 0 unspecified atom stereocenters. The Balaban J connectivity index is 1.63. The van der Waals surface area contributed by atoms with Crippen LogP contribution >= 0.6 is 0 Å². The zero-order valence-corrected chi connectivity index (χ0v) is 16.1. The van der Waals surface area contributed by atoms with E-state index < -0.39 is 0 Å². The maximum absolute atomic E-state index is 12.6. The van der Waals surface area contributed by atoms with Gasteiger partial charge in [0, 0.05) is 11.6 Å². The van der Waals surface area contributed by atoms with Gasteiger partial charge in [-0.05, 0) is 48.4 Å². The van der Waals surface area contributed by atoms with Crippen molar-refractivity contribution in [2.24, 2.45) is 0 Å².